The molecule has 0 bridgehead atoms. The van der Waals surface area contributed by atoms with Crippen LogP contribution < -0.4 is 0 Å². The van der Waals surface area contributed by atoms with Gasteiger partial charge in [0, 0.05) is 5.75 Å². The van der Waals surface area contributed by atoms with Crippen molar-refractivity contribution in [3.63, 3.8) is 0 Å². The molecule has 17 heavy (non-hydrogen) atoms. The van der Waals surface area contributed by atoms with E-state index in [0.29, 0.717) is 0 Å². The van der Waals surface area contributed by atoms with Gasteiger partial charge in [0.25, 0.3) is 0 Å². The van der Waals surface area contributed by atoms with Crippen molar-refractivity contribution in [1.29, 1.82) is 0 Å². The SMILES string of the molecule is CC(C)CSCCOC(C)(C)c1ccccc1. The summed E-state index contributed by atoms with van der Waals surface area (Å²) in [7, 11) is 0. The minimum atomic E-state index is -0.181. The molecule has 1 aromatic carbocycles. The molecule has 0 aliphatic carbocycles. The van der Waals surface area contributed by atoms with Gasteiger partial charge in [0.05, 0.1) is 12.2 Å². The van der Waals surface area contributed by atoms with Crippen molar-refractivity contribution < 1.29 is 4.74 Å². The van der Waals surface area contributed by atoms with Crippen LogP contribution in [0.1, 0.15) is 33.3 Å². The van der Waals surface area contributed by atoms with Crippen molar-refractivity contribution >= 4 is 11.8 Å². The van der Waals surface area contributed by atoms with Gasteiger partial charge in [-0.2, -0.15) is 11.8 Å². The third kappa shape index (κ3) is 5.60. The lowest BCUT2D eigenvalue weighted by atomic mass is 9.98. The van der Waals surface area contributed by atoms with E-state index >= 15 is 0 Å². The molecule has 0 radical (unpaired) electrons. The number of rotatable bonds is 7. The molecule has 96 valence electrons. The van der Waals surface area contributed by atoms with Crippen molar-refractivity contribution in [3.05, 3.63) is 35.9 Å². The Hall–Kier alpha value is -0.470. The summed E-state index contributed by atoms with van der Waals surface area (Å²) >= 11 is 1.97. The molecule has 0 amide bonds. The van der Waals surface area contributed by atoms with Crippen LogP contribution in [-0.2, 0) is 10.3 Å². The molecule has 0 heterocycles. The van der Waals surface area contributed by atoms with E-state index in [1.165, 1.54) is 11.3 Å². The third-order valence-corrected chi connectivity index (χ3v) is 3.97. The average Bonchev–Trinajstić information content (AvgIpc) is 2.29. The van der Waals surface area contributed by atoms with Crippen molar-refractivity contribution in [2.75, 3.05) is 18.1 Å². The number of benzene rings is 1. The molecule has 1 rings (SSSR count). The van der Waals surface area contributed by atoms with Crippen molar-refractivity contribution in [1.82, 2.24) is 0 Å². The lowest BCUT2D eigenvalue weighted by Gasteiger charge is -2.26. The van der Waals surface area contributed by atoms with Crippen LogP contribution in [0.25, 0.3) is 0 Å². The van der Waals surface area contributed by atoms with Gasteiger partial charge in [-0.3, -0.25) is 0 Å². The van der Waals surface area contributed by atoms with Crippen LogP contribution in [0, 0.1) is 5.92 Å². The Labute approximate surface area is 110 Å². The zero-order valence-electron chi connectivity index (χ0n) is 11.4. The molecule has 0 aromatic heterocycles. The minimum absolute atomic E-state index is 0.181. The lowest BCUT2D eigenvalue weighted by Crippen LogP contribution is -2.23. The van der Waals surface area contributed by atoms with Gasteiger partial charge in [-0.25, -0.2) is 0 Å². The molecule has 1 nitrogen and oxygen atoms in total. The molecule has 0 spiro atoms. The number of hydrogen-bond acceptors (Lipinski definition) is 2. The smallest absolute Gasteiger partial charge is 0.0875 e. The second-order valence-corrected chi connectivity index (χ2v) is 6.34. The maximum atomic E-state index is 5.98. The van der Waals surface area contributed by atoms with Crippen LogP contribution in [0.5, 0.6) is 0 Å². The first-order valence-corrected chi connectivity index (χ1v) is 7.45. The van der Waals surface area contributed by atoms with E-state index in [4.69, 9.17) is 4.74 Å². The van der Waals surface area contributed by atoms with Gasteiger partial charge in [-0.05, 0) is 31.1 Å². The predicted molar refractivity (Wildman–Crippen MR) is 77.6 cm³/mol. The molecule has 0 N–H and O–H groups in total. The fraction of sp³-hybridized carbons (Fsp3) is 0.600. The zero-order chi connectivity index (χ0) is 12.7. The average molecular weight is 252 g/mol. The highest BCUT2D eigenvalue weighted by molar-refractivity contribution is 7.99. The fourth-order valence-electron chi connectivity index (χ4n) is 1.60. The maximum absolute atomic E-state index is 5.98. The Morgan fingerprint density at radius 3 is 2.41 bits per heavy atom. The summed E-state index contributed by atoms with van der Waals surface area (Å²) < 4.78 is 5.98. The highest BCUT2D eigenvalue weighted by atomic mass is 32.2. The second-order valence-electron chi connectivity index (χ2n) is 5.19. The van der Waals surface area contributed by atoms with Gasteiger partial charge in [-0.15, -0.1) is 0 Å². The summed E-state index contributed by atoms with van der Waals surface area (Å²) in [5.41, 5.74) is 1.06. The summed E-state index contributed by atoms with van der Waals surface area (Å²) in [6.07, 6.45) is 0. The van der Waals surface area contributed by atoms with Crippen LogP contribution in [0.3, 0.4) is 0 Å². The Morgan fingerprint density at radius 1 is 1.18 bits per heavy atom. The molecule has 0 aliphatic heterocycles. The number of hydrogen-bond donors (Lipinski definition) is 0. The van der Waals surface area contributed by atoms with E-state index in [1.54, 1.807) is 0 Å². The summed E-state index contributed by atoms with van der Waals surface area (Å²) in [5.74, 6) is 3.06. The first-order valence-electron chi connectivity index (χ1n) is 6.29. The van der Waals surface area contributed by atoms with E-state index in [0.717, 1.165) is 18.3 Å². The van der Waals surface area contributed by atoms with Gasteiger partial charge in [0.1, 0.15) is 0 Å². The summed E-state index contributed by atoms with van der Waals surface area (Å²) in [4.78, 5) is 0. The fourth-order valence-corrected chi connectivity index (χ4v) is 2.44. The molecule has 0 saturated heterocycles. The van der Waals surface area contributed by atoms with Gasteiger partial charge < -0.3 is 4.74 Å². The normalized spacial score (nSPS) is 12.1. The van der Waals surface area contributed by atoms with Crippen LogP contribution in [0.4, 0.5) is 0 Å². The summed E-state index contributed by atoms with van der Waals surface area (Å²) in [6, 6.07) is 10.4. The maximum Gasteiger partial charge on any atom is 0.0875 e. The van der Waals surface area contributed by atoms with E-state index in [1.807, 2.05) is 17.8 Å². The number of thioether (sulfide) groups is 1. The highest BCUT2D eigenvalue weighted by Gasteiger charge is 2.20. The highest BCUT2D eigenvalue weighted by Crippen LogP contribution is 2.24. The molecular formula is C15H24OS. The van der Waals surface area contributed by atoms with Crippen molar-refractivity contribution in [2.24, 2.45) is 5.92 Å². The summed E-state index contributed by atoms with van der Waals surface area (Å²) in [5, 5.41) is 0. The standard InChI is InChI=1S/C15H24OS/c1-13(2)12-17-11-10-16-15(3,4)14-8-6-5-7-9-14/h5-9,13H,10-12H2,1-4H3. The summed E-state index contributed by atoms with van der Waals surface area (Å²) in [6.45, 7) is 9.59. The molecule has 2 heteroatoms. The number of ether oxygens (including phenoxy) is 1. The molecule has 0 aliphatic rings. The van der Waals surface area contributed by atoms with E-state index in [9.17, 15) is 0 Å². The quantitative estimate of drug-likeness (QED) is 0.668. The molecule has 0 saturated carbocycles. The Kier molecular flexibility index (Phi) is 6.07. The third-order valence-electron chi connectivity index (χ3n) is 2.61. The predicted octanol–water partition coefficient (Wildman–Crippen LogP) is 4.33. The van der Waals surface area contributed by atoms with Crippen LogP contribution >= 0.6 is 11.8 Å². The molecular weight excluding hydrogens is 228 g/mol. The molecule has 0 unspecified atom stereocenters. The van der Waals surface area contributed by atoms with E-state index in [2.05, 4.69) is 52.0 Å². The minimum Gasteiger partial charge on any atom is -0.370 e. The molecule has 0 fully saturated rings. The van der Waals surface area contributed by atoms with Gasteiger partial charge in [-0.1, -0.05) is 44.2 Å². The topological polar surface area (TPSA) is 9.23 Å². The molecule has 0 atom stereocenters. The van der Waals surface area contributed by atoms with Crippen LogP contribution in [-0.4, -0.2) is 18.1 Å². The lowest BCUT2D eigenvalue weighted by molar-refractivity contribution is -0.0124. The van der Waals surface area contributed by atoms with Gasteiger partial charge >= 0.3 is 0 Å². The Balaban J connectivity index is 2.30. The Morgan fingerprint density at radius 2 is 1.82 bits per heavy atom. The molecule has 1 aromatic rings. The second kappa shape index (κ2) is 7.07. The van der Waals surface area contributed by atoms with Gasteiger partial charge in [0.2, 0.25) is 0 Å². The first-order chi connectivity index (χ1) is 8.02. The largest absolute Gasteiger partial charge is 0.370 e. The van der Waals surface area contributed by atoms with Crippen molar-refractivity contribution in [3.8, 4) is 0 Å². The van der Waals surface area contributed by atoms with Crippen LogP contribution in [0.15, 0.2) is 30.3 Å². The van der Waals surface area contributed by atoms with Crippen LogP contribution in [0.2, 0.25) is 0 Å². The van der Waals surface area contributed by atoms with E-state index < -0.39 is 0 Å². The van der Waals surface area contributed by atoms with E-state index in [-0.39, 0.29) is 5.60 Å². The monoisotopic (exact) mass is 252 g/mol. The Bertz CT molecular complexity index is 306. The van der Waals surface area contributed by atoms with Crippen molar-refractivity contribution in [2.45, 2.75) is 33.3 Å². The zero-order valence-corrected chi connectivity index (χ0v) is 12.2. The first kappa shape index (κ1) is 14.6. The van der Waals surface area contributed by atoms with Gasteiger partial charge in [0.15, 0.2) is 0 Å².